The Bertz CT molecular complexity index is 621. The van der Waals surface area contributed by atoms with Crippen molar-refractivity contribution in [2.45, 2.75) is 58.4 Å². The van der Waals surface area contributed by atoms with Gasteiger partial charge in [-0.1, -0.05) is 13.3 Å². The molecule has 0 saturated carbocycles. The van der Waals surface area contributed by atoms with E-state index in [1.54, 1.807) is 0 Å². The van der Waals surface area contributed by atoms with Gasteiger partial charge in [-0.2, -0.15) is 0 Å². The summed E-state index contributed by atoms with van der Waals surface area (Å²) in [6.07, 6.45) is 9.80. The molecule has 1 N–H and O–H groups in total. The average Bonchev–Trinajstić information content (AvgIpc) is 3.00. The largest absolute Gasteiger partial charge is 0.345 e. The van der Waals surface area contributed by atoms with Crippen LogP contribution in [0.25, 0.3) is 0 Å². The highest BCUT2D eigenvalue weighted by Crippen LogP contribution is 2.26. The van der Waals surface area contributed by atoms with Crippen molar-refractivity contribution in [3.8, 4) is 0 Å². The van der Waals surface area contributed by atoms with Gasteiger partial charge in [0.05, 0.1) is 0 Å². The van der Waals surface area contributed by atoms with E-state index >= 15 is 0 Å². The Morgan fingerprint density at radius 1 is 1.35 bits per heavy atom. The Hall–Kier alpha value is -1.75. The maximum Gasteiger partial charge on any atom is 0.125 e. The topological polar surface area (TPSA) is 57.7 Å². The molecule has 0 bridgehead atoms. The summed E-state index contributed by atoms with van der Waals surface area (Å²) < 4.78 is 0. The van der Waals surface area contributed by atoms with Crippen LogP contribution in [0, 0.1) is 6.92 Å². The number of imidazole rings is 1. The van der Waals surface area contributed by atoms with Crippen LogP contribution in [0.1, 0.15) is 61.6 Å². The number of nitrogens with one attached hydrogen (secondary N) is 1. The van der Waals surface area contributed by atoms with Crippen LogP contribution in [-0.2, 0) is 13.0 Å². The summed E-state index contributed by atoms with van der Waals surface area (Å²) >= 11 is 0. The molecule has 2 aromatic heterocycles. The summed E-state index contributed by atoms with van der Waals surface area (Å²) in [7, 11) is 0. The number of aromatic nitrogens is 4. The SMILES string of the molecule is CCCCc1ncc(CN2CCC[C@H](c3ccnc(C)n3)C2)[nH]1. The van der Waals surface area contributed by atoms with Crippen LogP contribution >= 0.6 is 0 Å². The third-order valence-electron chi connectivity index (χ3n) is 4.56. The molecule has 2 aromatic rings. The predicted octanol–water partition coefficient (Wildman–Crippen LogP) is 3.23. The minimum Gasteiger partial charge on any atom is -0.345 e. The van der Waals surface area contributed by atoms with Crippen LogP contribution in [-0.4, -0.2) is 37.9 Å². The van der Waals surface area contributed by atoms with Gasteiger partial charge in [0.15, 0.2) is 0 Å². The number of aromatic amines is 1. The number of H-pyrrole nitrogens is 1. The van der Waals surface area contributed by atoms with E-state index in [4.69, 9.17) is 0 Å². The Labute approximate surface area is 138 Å². The molecule has 1 atom stereocenters. The molecule has 0 aliphatic carbocycles. The monoisotopic (exact) mass is 313 g/mol. The maximum absolute atomic E-state index is 4.62. The molecule has 0 spiro atoms. The number of rotatable bonds is 6. The molecule has 0 aromatic carbocycles. The minimum atomic E-state index is 0.521. The summed E-state index contributed by atoms with van der Waals surface area (Å²) in [5, 5.41) is 0. The summed E-state index contributed by atoms with van der Waals surface area (Å²) in [5.74, 6) is 2.52. The first-order chi connectivity index (χ1) is 11.2. The van der Waals surface area contributed by atoms with Gasteiger partial charge in [0.2, 0.25) is 0 Å². The molecular weight excluding hydrogens is 286 g/mol. The fourth-order valence-corrected chi connectivity index (χ4v) is 3.34. The van der Waals surface area contributed by atoms with Gasteiger partial charge < -0.3 is 4.98 Å². The average molecular weight is 313 g/mol. The molecule has 1 saturated heterocycles. The fraction of sp³-hybridized carbons (Fsp3) is 0.611. The predicted molar refractivity (Wildman–Crippen MR) is 91.2 cm³/mol. The summed E-state index contributed by atoms with van der Waals surface area (Å²) in [6, 6.07) is 2.07. The highest BCUT2D eigenvalue weighted by Gasteiger charge is 2.23. The van der Waals surface area contributed by atoms with E-state index in [2.05, 4.69) is 37.8 Å². The van der Waals surface area contributed by atoms with Crippen LogP contribution in [0.5, 0.6) is 0 Å². The van der Waals surface area contributed by atoms with Crippen molar-refractivity contribution in [3.63, 3.8) is 0 Å². The van der Waals surface area contributed by atoms with Crippen LogP contribution in [0.4, 0.5) is 0 Å². The van der Waals surface area contributed by atoms with Gasteiger partial charge in [0, 0.05) is 49.2 Å². The highest BCUT2D eigenvalue weighted by atomic mass is 15.1. The summed E-state index contributed by atoms with van der Waals surface area (Å²) in [4.78, 5) is 19.3. The molecule has 124 valence electrons. The molecule has 5 heteroatoms. The second kappa shape index (κ2) is 7.68. The zero-order valence-electron chi connectivity index (χ0n) is 14.3. The smallest absolute Gasteiger partial charge is 0.125 e. The summed E-state index contributed by atoms with van der Waals surface area (Å²) in [6.45, 7) is 7.36. The zero-order valence-corrected chi connectivity index (χ0v) is 14.3. The van der Waals surface area contributed by atoms with Gasteiger partial charge in [0.1, 0.15) is 11.6 Å². The van der Waals surface area contributed by atoms with E-state index in [1.165, 1.54) is 37.1 Å². The van der Waals surface area contributed by atoms with E-state index < -0.39 is 0 Å². The molecule has 0 radical (unpaired) electrons. The van der Waals surface area contributed by atoms with Crippen LogP contribution < -0.4 is 0 Å². The second-order valence-electron chi connectivity index (χ2n) is 6.56. The van der Waals surface area contributed by atoms with E-state index in [0.717, 1.165) is 37.7 Å². The van der Waals surface area contributed by atoms with Crippen molar-refractivity contribution in [1.29, 1.82) is 0 Å². The molecule has 3 rings (SSSR count). The molecule has 1 aliphatic heterocycles. The molecule has 0 unspecified atom stereocenters. The lowest BCUT2D eigenvalue weighted by Gasteiger charge is -2.32. The van der Waals surface area contributed by atoms with Gasteiger partial charge in [-0.3, -0.25) is 4.90 Å². The lowest BCUT2D eigenvalue weighted by molar-refractivity contribution is 0.196. The molecule has 3 heterocycles. The van der Waals surface area contributed by atoms with Gasteiger partial charge in [-0.15, -0.1) is 0 Å². The Kier molecular flexibility index (Phi) is 5.39. The number of likely N-dealkylation sites (tertiary alicyclic amines) is 1. The van der Waals surface area contributed by atoms with Gasteiger partial charge in [0.25, 0.3) is 0 Å². The van der Waals surface area contributed by atoms with Crippen molar-refractivity contribution < 1.29 is 0 Å². The number of aryl methyl sites for hydroxylation is 2. The second-order valence-corrected chi connectivity index (χ2v) is 6.56. The molecule has 5 nitrogen and oxygen atoms in total. The van der Waals surface area contributed by atoms with E-state index in [9.17, 15) is 0 Å². The van der Waals surface area contributed by atoms with Crippen molar-refractivity contribution in [2.75, 3.05) is 13.1 Å². The molecule has 23 heavy (non-hydrogen) atoms. The number of nitrogens with zero attached hydrogens (tertiary/aromatic N) is 4. The van der Waals surface area contributed by atoms with Crippen molar-refractivity contribution in [1.82, 2.24) is 24.8 Å². The number of unbranched alkanes of at least 4 members (excludes halogenated alkanes) is 1. The van der Waals surface area contributed by atoms with Crippen molar-refractivity contribution in [3.05, 3.63) is 41.5 Å². The number of piperidine rings is 1. The van der Waals surface area contributed by atoms with Crippen molar-refractivity contribution >= 4 is 0 Å². The standard InChI is InChI=1S/C18H27N5/c1-3-4-7-18-20-11-16(22-18)13-23-10-5-6-15(12-23)17-8-9-19-14(2)21-17/h8-9,11,15H,3-7,10,12-13H2,1-2H3,(H,20,22)/t15-/m0/s1. The normalized spacial score (nSPS) is 19.1. The van der Waals surface area contributed by atoms with E-state index in [1.807, 2.05) is 19.3 Å². The Balaban J connectivity index is 1.59. The molecule has 0 amide bonds. The maximum atomic E-state index is 4.62. The highest BCUT2D eigenvalue weighted by molar-refractivity contribution is 5.10. The van der Waals surface area contributed by atoms with E-state index in [0.29, 0.717) is 5.92 Å². The molecule has 1 aliphatic rings. The van der Waals surface area contributed by atoms with Crippen LogP contribution in [0.2, 0.25) is 0 Å². The minimum absolute atomic E-state index is 0.521. The summed E-state index contributed by atoms with van der Waals surface area (Å²) in [5.41, 5.74) is 2.42. The van der Waals surface area contributed by atoms with Crippen molar-refractivity contribution in [2.24, 2.45) is 0 Å². The Morgan fingerprint density at radius 3 is 3.09 bits per heavy atom. The first kappa shape index (κ1) is 16.1. The van der Waals surface area contributed by atoms with E-state index in [-0.39, 0.29) is 0 Å². The quantitative estimate of drug-likeness (QED) is 0.889. The van der Waals surface area contributed by atoms with Crippen LogP contribution in [0.15, 0.2) is 18.5 Å². The zero-order chi connectivity index (χ0) is 16.1. The molecule has 1 fully saturated rings. The first-order valence-electron chi connectivity index (χ1n) is 8.79. The van der Waals surface area contributed by atoms with Crippen LogP contribution in [0.3, 0.4) is 0 Å². The van der Waals surface area contributed by atoms with Gasteiger partial charge >= 0.3 is 0 Å². The number of hydrogen-bond acceptors (Lipinski definition) is 4. The number of hydrogen-bond donors (Lipinski definition) is 1. The molecular formula is C18H27N5. The third kappa shape index (κ3) is 4.38. The lowest BCUT2D eigenvalue weighted by Crippen LogP contribution is -2.34. The van der Waals surface area contributed by atoms with Gasteiger partial charge in [-0.25, -0.2) is 15.0 Å². The Morgan fingerprint density at radius 2 is 2.26 bits per heavy atom. The van der Waals surface area contributed by atoms with Gasteiger partial charge in [-0.05, 0) is 38.8 Å². The fourth-order valence-electron chi connectivity index (χ4n) is 3.34. The lowest BCUT2D eigenvalue weighted by atomic mass is 9.94. The third-order valence-corrected chi connectivity index (χ3v) is 4.56. The first-order valence-corrected chi connectivity index (χ1v) is 8.79.